The molecule has 7 nitrogen and oxygen atoms in total. The standard InChI is InChI=1S/C36H41ClN2O5S/c1-36(2,3)44-35(42)38(4)27-15-17-28(18-16-27)39(34(41)33-32(37)29-8-6-7-9-31(29)45-33)21-26-20-25(14-19-30(26)43-5)24-12-10-23(22-40)11-13-24/h6-14,19-20,27-28,40H,15-18,21-22H2,1-5H3/t27-,28-. The number of aliphatic hydroxyl groups excluding tert-OH is 1. The van der Waals surface area contributed by atoms with Crippen molar-refractivity contribution in [2.45, 2.75) is 77.3 Å². The van der Waals surface area contributed by atoms with Gasteiger partial charge in [0.15, 0.2) is 0 Å². The maximum absolute atomic E-state index is 14.4. The molecule has 0 aliphatic heterocycles. The molecule has 0 unspecified atom stereocenters. The molecule has 1 aromatic heterocycles. The molecule has 0 saturated heterocycles. The number of aliphatic hydroxyl groups is 1. The highest BCUT2D eigenvalue weighted by molar-refractivity contribution is 7.21. The van der Waals surface area contributed by atoms with Gasteiger partial charge < -0.3 is 24.4 Å². The molecule has 1 aliphatic rings. The molecule has 45 heavy (non-hydrogen) atoms. The van der Waals surface area contributed by atoms with Gasteiger partial charge in [-0.1, -0.05) is 60.1 Å². The molecule has 238 valence electrons. The summed E-state index contributed by atoms with van der Waals surface area (Å²) in [6.45, 7) is 5.93. The highest BCUT2D eigenvalue weighted by atomic mass is 35.5. The number of amides is 2. The lowest BCUT2D eigenvalue weighted by Gasteiger charge is -2.40. The van der Waals surface area contributed by atoms with Crippen LogP contribution in [0.4, 0.5) is 4.79 Å². The second kappa shape index (κ2) is 13.8. The molecular formula is C36H41ClN2O5S. The Bertz CT molecular complexity index is 1650. The normalized spacial score (nSPS) is 16.8. The maximum atomic E-state index is 14.4. The molecular weight excluding hydrogens is 608 g/mol. The van der Waals surface area contributed by atoms with Crippen LogP contribution in [0.5, 0.6) is 5.75 Å². The van der Waals surface area contributed by atoms with Crippen LogP contribution in [0.3, 0.4) is 0 Å². The summed E-state index contributed by atoms with van der Waals surface area (Å²) >= 11 is 8.26. The summed E-state index contributed by atoms with van der Waals surface area (Å²) in [7, 11) is 3.43. The number of carbonyl (C=O) groups excluding carboxylic acids is 2. The van der Waals surface area contributed by atoms with E-state index in [1.807, 2.05) is 86.3 Å². The predicted molar refractivity (Wildman–Crippen MR) is 181 cm³/mol. The molecule has 4 aromatic rings. The van der Waals surface area contributed by atoms with Gasteiger partial charge in [-0.25, -0.2) is 4.79 Å². The summed E-state index contributed by atoms with van der Waals surface area (Å²) in [6, 6.07) is 21.6. The number of fused-ring (bicyclic) bond motifs is 1. The van der Waals surface area contributed by atoms with Crippen molar-refractivity contribution in [1.29, 1.82) is 0 Å². The van der Waals surface area contributed by atoms with Gasteiger partial charge in [-0.2, -0.15) is 0 Å². The van der Waals surface area contributed by atoms with Crippen molar-refractivity contribution < 1.29 is 24.2 Å². The molecule has 3 aromatic carbocycles. The molecule has 5 rings (SSSR count). The summed E-state index contributed by atoms with van der Waals surface area (Å²) in [6.07, 6.45) is 2.63. The van der Waals surface area contributed by atoms with E-state index in [1.54, 1.807) is 19.1 Å². The van der Waals surface area contributed by atoms with Crippen LogP contribution in [0.1, 0.15) is 67.3 Å². The van der Waals surface area contributed by atoms with Crippen molar-refractivity contribution in [1.82, 2.24) is 9.80 Å². The number of nitrogens with zero attached hydrogens (tertiary/aromatic N) is 2. The first-order chi connectivity index (χ1) is 21.5. The van der Waals surface area contributed by atoms with E-state index in [0.29, 0.717) is 22.2 Å². The first kappa shape index (κ1) is 32.8. The Labute approximate surface area is 274 Å². The molecule has 0 radical (unpaired) electrons. The number of methoxy groups -OCH3 is 1. The Balaban J connectivity index is 1.45. The Morgan fingerprint density at radius 3 is 2.22 bits per heavy atom. The lowest BCUT2D eigenvalue weighted by Crippen LogP contribution is -2.47. The van der Waals surface area contributed by atoms with E-state index in [1.165, 1.54) is 11.3 Å². The molecule has 1 saturated carbocycles. The number of carbonyl (C=O) groups is 2. The SMILES string of the molecule is COc1ccc(-c2ccc(CO)cc2)cc1CN(C(=O)c1sc2ccccc2c1Cl)[C@H]1CC[C@H](N(C)C(=O)OC(C)(C)C)CC1. The van der Waals surface area contributed by atoms with E-state index in [-0.39, 0.29) is 30.7 Å². The number of hydrogen-bond donors (Lipinski definition) is 1. The van der Waals surface area contributed by atoms with Gasteiger partial charge in [0.25, 0.3) is 5.91 Å². The average molecular weight is 649 g/mol. The smallest absolute Gasteiger partial charge is 0.410 e. The molecule has 2 amide bonds. The first-order valence-corrected chi connectivity index (χ1v) is 16.5. The Morgan fingerprint density at radius 2 is 1.60 bits per heavy atom. The zero-order valence-electron chi connectivity index (χ0n) is 26.5. The van der Waals surface area contributed by atoms with E-state index in [2.05, 4.69) is 6.07 Å². The second-order valence-corrected chi connectivity index (χ2v) is 14.0. The van der Waals surface area contributed by atoms with Crippen LogP contribution in [0.25, 0.3) is 21.2 Å². The van der Waals surface area contributed by atoms with Crippen molar-refractivity contribution in [2.75, 3.05) is 14.2 Å². The largest absolute Gasteiger partial charge is 0.496 e. The summed E-state index contributed by atoms with van der Waals surface area (Å²) < 4.78 is 12.4. The van der Waals surface area contributed by atoms with Gasteiger partial charge in [0.2, 0.25) is 0 Å². The van der Waals surface area contributed by atoms with Gasteiger partial charge in [0, 0.05) is 41.3 Å². The number of benzene rings is 3. The Kier molecular flexibility index (Phi) is 10.1. The fourth-order valence-electron chi connectivity index (χ4n) is 5.96. The number of thiophene rings is 1. The van der Waals surface area contributed by atoms with Crippen LogP contribution in [-0.2, 0) is 17.9 Å². The van der Waals surface area contributed by atoms with Gasteiger partial charge in [0.05, 0.1) is 18.7 Å². The summed E-state index contributed by atoms with van der Waals surface area (Å²) in [5, 5.41) is 10.8. The monoisotopic (exact) mass is 648 g/mol. The van der Waals surface area contributed by atoms with E-state index < -0.39 is 5.60 Å². The Hall–Kier alpha value is -3.59. The molecule has 0 spiro atoms. The van der Waals surface area contributed by atoms with Crippen LogP contribution in [0.2, 0.25) is 5.02 Å². The van der Waals surface area contributed by atoms with Gasteiger partial charge in [-0.05, 0) is 81.3 Å². The number of hydrogen-bond acceptors (Lipinski definition) is 6. The van der Waals surface area contributed by atoms with E-state index in [9.17, 15) is 14.7 Å². The van der Waals surface area contributed by atoms with Gasteiger partial charge in [-0.3, -0.25) is 4.79 Å². The van der Waals surface area contributed by atoms with E-state index in [4.69, 9.17) is 21.1 Å². The topological polar surface area (TPSA) is 79.3 Å². The second-order valence-electron chi connectivity index (χ2n) is 12.6. The quantitative estimate of drug-likeness (QED) is 0.207. The van der Waals surface area contributed by atoms with Gasteiger partial charge >= 0.3 is 6.09 Å². The maximum Gasteiger partial charge on any atom is 0.410 e. The molecule has 1 heterocycles. The molecule has 0 atom stereocenters. The zero-order chi connectivity index (χ0) is 32.3. The Morgan fingerprint density at radius 1 is 0.956 bits per heavy atom. The number of ether oxygens (including phenoxy) is 2. The minimum absolute atomic E-state index is 0.0126. The average Bonchev–Trinajstić information content (AvgIpc) is 3.38. The van der Waals surface area contributed by atoms with Crippen LogP contribution in [0.15, 0.2) is 66.7 Å². The molecule has 1 N–H and O–H groups in total. The molecule has 1 fully saturated rings. The minimum Gasteiger partial charge on any atom is -0.496 e. The zero-order valence-corrected chi connectivity index (χ0v) is 28.1. The third kappa shape index (κ3) is 7.46. The third-order valence-corrected chi connectivity index (χ3v) is 10.1. The molecule has 0 bridgehead atoms. The third-order valence-electron chi connectivity index (χ3n) is 8.42. The van der Waals surface area contributed by atoms with Gasteiger partial charge in [-0.15, -0.1) is 11.3 Å². The van der Waals surface area contributed by atoms with E-state index in [0.717, 1.165) is 58.0 Å². The predicted octanol–water partition coefficient (Wildman–Crippen LogP) is 8.54. The van der Waals surface area contributed by atoms with Crippen molar-refractivity contribution in [3.05, 3.63) is 87.8 Å². The summed E-state index contributed by atoms with van der Waals surface area (Å²) in [4.78, 5) is 31.4. The van der Waals surface area contributed by atoms with Crippen LogP contribution >= 0.6 is 22.9 Å². The summed E-state index contributed by atoms with van der Waals surface area (Å²) in [5.74, 6) is 0.592. The molecule has 1 aliphatic carbocycles. The van der Waals surface area contributed by atoms with Crippen molar-refractivity contribution in [2.24, 2.45) is 0 Å². The van der Waals surface area contributed by atoms with Crippen LogP contribution < -0.4 is 4.74 Å². The lowest BCUT2D eigenvalue weighted by molar-refractivity contribution is 0.0144. The van der Waals surface area contributed by atoms with Crippen LogP contribution in [-0.4, -0.2) is 58.7 Å². The number of halogens is 1. The minimum atomic E-state index is -0.566. The van der Waals surface area contributed by atoms with Crippen molar-refractivity contribution in [3.8, 4) is 16.9 Å². The van der Waals surface area contributed by atoms with E-state index >= 15 is 0 Å². The van der Waals surface area contributed by atoms with Gasteiger partial charge in [0.1, 0.15) is 16.2 Å². The fourth-order valence-corrected chi connectivity index (χ4v) is 7.42. The highest BCUT2D eigenvalue weighted by Crippen LogP contribution is 2.39. The number of rotatable bonds is 8. The summed E-state index contributed by atoms with van der Waals surface area (Å²) in [5.41, 5.74) is 3.17. The van der Waals surface area contributed by atoms with Crippen molar-refractivity contribution in [3.63, 3.8) is 0 Å². The highest BCUT2D eigenvalue weighted by Gasteiger charge is 2.35. The fraction of sp³-hybridized carbons (Fsp3) is 0.389. The lowest BCUT2D eigenvalue weighted by atomic mass is 9.89. The first-order valence-electron chi connectivity index (χ1n) is 15.3. The van der Waals surface area contributed by atoms with Crippen molar-refractivity contribution >= 4 is 45.0 Å². The molecule has 9 heteroatoms. The van der Waals surface area contributed by atoms with Crippen LogP contribution in [0, 0.1) is 0 Å².